The number of rotatable bonds is 8. The zero-order chi connectivity index (χ0) is 29.1. The quantitative estimate of drug-likeness (QED) is 0.133. The third-order valence-electron chi connectivity index (χ3n) is 6.71. The number of benzene rings is 4. The molecule has 0 radical (unpaired) electrons. The Morgan fingerprint density at radius 3 is 2.44 bits per heavy atom. The lowest BCUT2D eigenvalue weighted by Gasteiger charge is -2.26. The Morgan fingerprint density at radius 1 is 0.951 bits per heavy atom. The second-order valence-electron chi connectivity index (χ2n) is 9.29. The lowest BCUT2D eigenvalue weighted by atomic mass is 10.0. The average Bonchev–Trinajstić information content (AvgIpc) is 2.96. The van der Waals surface area contributed by atoms with Crippen molar-refractivity contribution in [2.24, 2.45) is 0 Å². The van der Waals surface area contributed by atoms with Crippen molar-refractivity contribution < 1.29 is 28.6 Å². The predicted octanol–water partition coefficient (Wildman–Crippen LogP) is 6.41. The van der Waals surface area contributed by atoms with E-state index in [1.165, 1.54) is 13.2 Å². The molecule has 1 saturated heterocycles. The number of urea groups is 1. The Balaban J connectivity index is 1.43. The summed E-state index contributed by atoms with van der Waals surface area (Å²) in [5.74, 6) is 0.0945. The van der Waals surface area contributed by atoms with Crippen LogP contribution in [0, 0.1) is 10.5 Å². The highest BCUT2D eigenvalue weighted by Gasteiger charge is 2.37. The predicted molar refractivity (Wildman–Crippen MR) is 165 cm³/mol. The van der Waals surface area contributed by atoms with E-state index in [-0.39, 0.29) is 5.57 Å². The first-order valence-electron chi connectivity index (χ1n) is 12.9. The summed E-state index contributed by atoms with van der Waals surface area (Å²) in [5.41, 5.74) is 2.87. The minimum absolute atomic E-state index is 0.184. The fourth-order valence-electron chi connectivity index (χ4n) is 4.66. The van der Waals surface area contributed by atoms with E-state index in [0.29, 0.717) is 41.7 Å². The van der Waals surface area contributed by atoms with Crippen molar-refractivity contribution in [2.75, 3.05) is 18.6 Å². The van der Waals surface area contributed by atoms with E-state index in [0.717, 1.165) is 30.4 Å². The Kier molecular flexibility index (Phi) is 8.25. The third-order valence-corrected chi connectivity index (χ3v) is 7.51. The van der Waals surface area contributed by atoms with Gasteiger partial charge in [-0.1, -0.05) is 36.4 Å². The minimum atomic E-state index is -0.819. The molecule has 41 heavy (non-hydrogen) atoms. The molecule has 0 unspecified atom stereocenters. The number of fused-ring (bicyclic) bond motifs is 1. The fourth-order valence-corrected chi connectivity index (χ4v) is 5.44. The van der Waals surface area contributed by atoms with E-state index in [2.05, 4.69) is 59.1 Å². The van der Waals surface area contributed by atoms with Gasteiger partial charge in [0.05, 0.1) is 23.0 Å². The lowest BCUT2D eigenvalue weighted by molar-refractivity contribution is -0.122. The van der Waals surface area contributed by atoms with Gasteiger partial charge in [0.15, 0.2) is 11.5 Å². The molecule has 4 amide bonds. The van der Waals surface area contributed by atoms with Gasteiger partial charge in [0.25, 0.3) is 11.8 Å². The number of halogens is 1. The summed E-state index contributed by atoms with van der Waals surface area (Å²) in [5, 5.41) is 4.51. The van der Waals surface area contributed by atoms with Crippen molar-refractivity contribution in [3.8, 4) is 17.2 Å². The number of aryl methyl sites for hydroxylation is 1. The highest BCUT2D eigenvalue weighted by molar-refractivity contribution is 14.1. The first kappa shape index (κ1) is 28.2. The van der Waals surface area contributed by atoms with Gasteiger partial charge in [-0.15, -0.1) is 0 Å². The maximum atomic E-state index is 13.4. The van der Waals surface area contributed by atoms with Crippen LogP contribution in [0.3, 0.4) is 0 Å². The normalized spacial score (nSPS) is 14.4. The van der Waals surface area contributed by atoms with Crippen molar-refractivity contribution in [1.29, 1.82) is 0 Å². The molecule has 0 aliphatic carbocycles. The van der Waals surface area contributed by atoms with Crippen molar-refractivity contribution >= 4 is 63.0 Å². The zero-order valence-electron chi connectivity index (χ0n) is 22.7. The maximum Gasteiger partial charge on any atom is 0.335 e. The summed E-state index contributed by atoms with van der Waals surface area (Å²) in [6.45, 7) is 4.73. The van der Waals surface area contributed by atoms with Crippen molar-refractivity contribution in [2.45, 2.75) is 20.5 Å². The van der Waals surface area contributed by atoms with E-state index in [9.17, 15) is 14.4 Å². The molecule has 0 saturated carbocycles. The topological polar surface area (TPSA) is 94.2 Å². The number of barbiturate groups is 1. The van der Waals surface area contributed by atoms with Crippen LogP contribution < -0.4 is 24.4 Å². The largest absolute Gasteiger partial charge is 0.494 e. The Labute approximate surface area is 251 Å². The first-order valence-corrected chi connectivity index (χ1v) is 14.0. The van der Waals surface area contributed by atoms with Crippen LogP contribution in [0.2, 0.25) is 0 Å². The van der Waals surface area contributed by atoms with Gasteiger partial charge in [-0.25, -0.2) is 9.69 Å². The number of carbonyl (C=O) groups is 3. The van der Waals surface area contributed by atoms with Crippen molar-refractivity contribution in [3.05, 3.63) is 98.6 Å². The molecule has 5 rings (SSSR count). The number of amides is 4. The average molecular weight is 662 g/mol. The van der Waals surface area contributed by atoms with Crippen LogP contribution >= 0.6 is 22.6 Å². The van der Waals surface area contributed by atoms with Gasteiger partial charge >= 0.3 is 6.03 Å². The van der Waals surface area contributed by atoms with Gasteiger partial charge < -0.3 is 14.2 Å². The van der Waals surface area contributed by atoms with E-state index in [1.807, 2.05) is 19.1 Å². The Hall–Kier alpha value is -4.38. The van der Waals surface area contributed by atoms with Gasteiger partial charge in [-0.05, 0) is 101 Å². The molecular weight excluding hydrogens is 635 g/mol. The van der Waals surface area contributed by atoms with Crippen LogP contribution in [0.1, 0.15) is 23.6 Å². The molecule has 0 atom stereocenters. The van der Waals surface area contributed by atoms with Crippen LogP contribution in [0.25, 0.3) is 16.8 Å². The molecule has 8 nitrogen and oxygen atoms in total. The highest BCUT2D eigenvalue weighted by Crippen LogP contribution is 2.36. The smallest absolute Gasteiger partial charge is 0.335 e. The van der Waals surface area contributed by atoms with Gasteiger partial charge in [0, 0.05) is 5.56 Å². The van der Waals surface area contributed by atoms with Crippen molar-refractivity contribution in [3.63, 3.8) is 0 Å². The molecular formula is C32H27IN2O6. The summed E-state index contributed by atoms with van der Waals surface area (Å²) in [4.78, 5) is 39.6. The molecule has 0 spiro atoms. The van der Waals surface area contributed by atoms with Crippen LogP contribution in [-0.2, 0) is 16.2 Å². The number of anilines is 1. The monoisotopic (exact) mass is 662 g/mol. The second kappa shape index (κ2) is 12.0. The number of nitrogens with one attached hydrogen (secondary N) is 1. The standard InChI is InChI=1S/C32H27IN2O6/c1-4-40-23-13-11-22(12-14-23)35-31(37)25(30(36)34-32(35)38)15-20-16-27(33)29(28(17-20)39-3)41-18-26-19(2)9-10-21-7-5-6-8-24(21)26/h5-17H,4,18H2,1-3H3,(H,34,36,38)/b25-15+. The van der Waals surface area contributed by atoms with Gasteiger partial charge in [0.1, 0.15) is 17.9 Å². The lowest BCUT2D eigenvalue weighted by Crippen LogP contribution is -2.54. The van der Waals surface area contributed by atoms with Gasteiger partial charge in [-0.2, -0.15) is 0 Å². The number of nitrogens with zero attached hydrogens (tertiary/aromatic N) is 1. The zero-order valence-corrected chi connectivity index (χ0v) is 24.9. The summed E-state index contributed by atoms with van der Waals surface area (Å²) in [6.07, 6.45) is 1.44. The maximum absolute atomic E-state index is 13.4. The summed E-state index contributed by atoms with van der Waals surface area (Å²) < 4.78 is 18.1. The molecule has 1 aliphatic rings. The van der Waals surface area contributed by atoms with E-state index in [4.69, 9.17) is 14.2 Å². The van der Waals surface area contributed by atoms with Gasteiger partial charge in [-0.3, -0.25) is 14.9 Å². The van der Waals surface area contributed by atoms with E-state index in [1.54, 1.807) is 36.4 Å². The molecule has 1 N–H and O–H groups in total. The molecule has 0 aromatic heterocycles. The molecule has 0 bridgehead atoms. The molecule has 9 heteroatoms. The Bertz CT molecular complexity index is 1700. The number of ether oxygens (including phenoxy) is 3. The second-order valence-corrected chi connectivity index (χ2v) is 10.5. The highest BCUT2D eigenvalue weighted by atomic mass is 127. The Morgan fingerprint density at radius 2 is 1.71 bits per heavy atom. The van der Waals surface area contributed by atoms with E-state index < -0.39 is 17.8 Å². The van der Waals surface area contributed by atoms with Gasteiger partial charge in [0.2, 0.25) is 0 Å². The van der Waals surface area contributed by atoms with Crippen molar-refractivity contribution in [1.82, 2.24) is 5.32 Å². The van der Waals surface area contributed by atoms with E-state index >= 15 is 0 Å². The number of hydrogen-bond donors (Lipinski definition) is 1. The SMILES string of the molecule is CCOc1ccc(N2C(=O)NC(=O)/C(=C\c3cc(I)c(OCc4c(C)ccc5ccccc45)c(OC)c3)C2=O)cc1. The third kappa shape index (κ3) is 5.76. The fraction of sp³-hybridized carbons (Fsp3) is 0.156. The van der Waals surface area contributed by atoms with Crippen LogP contribution in [0.5, 0.6) is 17.2 Å². The molecule has 4 aromatic carbocycles. The number of methoxy groups -OCH3 is 1. The van der Waals surface area contributed by atoms with Crippen LogP contribution in [-0.4, -0.2) is 31.6 Å². The van der Waals surface area contributed by atoms with Crippen LogP contribution in [0.15, 0.2) is 78.4 Å². The number of hydrogen-bond acceptors (Lipinski definition) is 6. The number of carbonyl (C=O) groups excluding carboxylic acids is 3. The molecule has 1 heterocycles. The number of imide groups is 2. The molecule has 1 aliphatic heterocycles. The van der Waals surface area contributed by atoms with Crippen LogP contribution in [0.4, 0.5) is 10.5 Å². The molecule has 4 aromatic rings. The molecule has 1 fully saturated rings. The first-order chi connectivity index (χ1) is 19.8. The minimum Gasteiger partial charge on any atom is -0.494 e. The summed E-state index contributed by atoms with van der Waals surface area (Å²) in [7, 11) is 1.53. The summed E-state index contributed by atoms with van der Waals surface area (Å²) in [6, 6.07) is 21.5. The molecule has 208 valence electrons. The summed E-state index contributed by atoms with van der Waals surface area (Å²) >= 11 is 2.14.